The zero-order chi connectivity index (χ0) is 9.90. The number of hydrogen-bond acceptors (Lipinski definition) is 1. The highest BCUT2D eigenvalue weighted by molar-refractivity contribution is 4.91. The van der Waals surface area contributed by atoms with Crippen LogP contribution in [0.1, 0.15) is 59.8 Å². The molecule has 0 aromatic carbocycles. The zero-order valence-electron chi connectivity index (χ0n) is 9.69. The van der Waals surface area contributed by atoms with Crippen molar-refractivity contribution in [1.29, 1.82) is 0 Å². The van der Waals surface area contributed by atoms with Gasteiger partial charge in [-0.15, -0.1) is 0 Å². The van der Waals surface area contributed by atoms with Crippen molar-refractivity contribution in [2.75, 3.05) is 0 Å². The summed E-state index contributed by atoms with van der Waals surface area (Å²) in [6.07, 6.45) is 6.78. The number of hydrogen-bond donors (Lipinski definition) is 1. The lowest BCUT2D eigenvalue weighted by Crippen LogP contribution is -2.42. The minimum Gasteiger partial charge on any atom is -0.311 e. The van der Waals surface area contributed by atoms with Gasteiger partial charge in [0.05, 0.1) is 0 Å². The summed E-state index contributed by atoms with van der Waals surface area (Å²) in [6, 6.07) is 1.46. The van der Waals surface area contributed by atoms with Crippen molar-refractivity contribution in [2.24, 2.45) is 5.41 Å². The molecule has 1 nitrogen and oxygen atoms in total. The third-order valence-corrected chi connectivity index (χ3v) is 3.46. The molecule has 1 fully saturated rings. The first-order valence-electron chi connectivity index (χ1n) is 5.82. The Kier molecular flexibility index (Phi) is 3.78. The first-order chi connectivity index (χ1) is 6.06. The van der Waals surface area contributed by atoms with Crippen molar-refractivity contribution in [3.63, 3.8) is 0 Å². The Balaban J connectivity index is 2.35. The molecule has 1 N–H and O–H groups in total. The largest absolute Gasteiger partial charge is 0.311 e. The Morgan fingerprint density at radius 2 is 2.15 bits per heavy atom. The molecule has 0 aliphatic heterocycles. The van der Waals surface area contributed by atoms with Gasteiger partial charge in [0.25, 0.3) is 0 Å². The van der Waals surface area contributed by atoms with Crippen molar-refractivity contribution in [2.45, 2.75) is 71.9 Å². The maximum atomic E-state index is 3.77. The fourth-order valence-electron chi connectivity index (χ4n) is 2.50. The Bertz CT molecular complexity index is 151. The van der Waals surface area contributed by atoms with E-state index in [1.54, 1.807) is 0 Å². The highest BCUT2D eigenvalue weighted by Gasteiger charge is 2.34. The van der Waals surface area contributed by atoms with Crippen LogP contribution in [0, 0.1) is 5.41 Å². The topological polar surface area (TPSA) is 12.0 Å². The van der Waals surface area contributed by atoms with E-state index in [0.717, 1.165) is 6.04 Å². The van der Waals surface area contributed by atoms with Gasteiger partial charge >= 0.3 is 0 Å². The molecule has 1 saturated carbocycles. The summed E-state index contributed by atoms with van der Waals surface area (Å²) in [6.45, 7) is 9.38. The molecular formula is C12H25N. The van der Waals surface area contributed by atoms with Gasteiger partial charge in [-0.3, -0.25) is 0 Å². The molecule has 1 aliphatic carbocycles. The summed E-state index contributed by atoms with van der Waals surface area (Å²) >= 11 is 0. The van der Waals surface area contributed by atoms with Crippen LogP contribution in [-0.4, -0.2) is 12.1 Å². The third kappa shape index (κ3) is 2.98. The van der Waals surface area contributed by atoms with Gasteiger partial charge in [-0.1, -0.05) is 33.6 Å². The quantitative estimate of drug-likeness (QED) is 0.705. The van der Waals surface area contributed by atoms with E-state index < -0.39 is 0 Å². The average Bonchev–Trinajstić information content (AvgIpc) is 2.31. The first kappa shape index (κ1) is 11.0. The van der Waals surface area contributed by atoms with E-state index in [0.29, 0.717) is 11.5 Å². The lowest BCUT2D eigenvalue weighted by molar-refractivity contribution is 0.261. The zero-order valence-corrected chi connectivity index (χ0v) is 9.69. The predicted octanol–water partition coefficient (Wildman–Crippen LogP) is 3.34. The molecule has 2 atom stereocenters. The van der Waals surface area contributed by atoms with Gasteiger partial charge in [0.2, 0.25) is 0 Å². The molecular weight excluding hydrogens is 158 g/mol. The molecule has 0 spiro atoms. The van der Waals surface area contributed by atoms with E-state index >= 15 is 0 Å². The summed E-state index contributed by atoms with van der Waals surface area (Å²) in [5, 5.41) is 3.77. The maximum Gasteiger partial charge on any atom is 0.0121 e. The van der Waals surface area contributed by atoms with E-state index in [1.165, 1.54) is 32.1 Å². The van der Waals surface area contributed by atoms with E-state index in [9.17, 15) is 0 Å². The lowest BCUT2D eigenvalue weighted by atomic mass is 9.87. The van der Waals surface area contributed by atoms with Gasteiger partial charge in [-0.05, 0) is 31.6 Å². The van der Waals surface area contributed by atoms with Crippen LogP contribution >= 0.6 is 0 Å². The Labute approximate surface area is 83.3 Å². The Hall–Kier alpha value is -0.0400. The number of rotatable bonds is 4. The van der Waals surface area contributed by atoms with Gasteiger partial charge in [-0.25, -0.2) is 0 Å². The van der Waals surface area contributed by atoms with E-state index in [-0.39, 0.29) is 0 Å². The van der Waals surface area contributed by atoms with Crippen LogP contribution in [0.25, 0.3) is 0 Å². The molecule has 78 valence electrons. The van der Waals surface area contributed by atoms with Crippen LogP contribution < -0.4 is 5.32 Å². The summed E-state index contributed by atoms with van der Waals surface area (Å²) in [4.78, 5) is 0. The monoisotopic (exact) mass is 183 g/mol. The van der Waals surface area contributed by atoms with Crippen molar-refractivity contribution in [3.05, 3.63) is 0 Å². The predicted molar refractivity (Wildman–Crippen MR) is 58.9 cm³/mol. The SMILES string of the molecule is CCCC(C)NC1CCCC1(C)C. The van der Waals surface area contributed by atoms with Gasteiger partial charge in [0.1, 0.15) is 0 Å². The molecule has 0 amide bonds. The molecule has 0 bridgehead atoms. The van der Waals surface area contributed by atoms with Crippen molar-refractivity contribution in [3.8, 4) is 0 Å². The maximum absolute atomic E-state index is 3.77. The summed E-state index contributed by atoms with van der Waals surface area (Å²) < 4.78 is 0. The highest BCUT2D eigenvalue weighted by atomic mass is 15.0. The molecule has 2 unspecified atom stereocenters. The van der Waals surface area contributed by atoms with Gasteiger partial charge in [0, 0.05) is 12.1 Å². The fraction of sp³-hybridized carbons (Fsp3) is 1.00. The fourth-order valence-corrected chi connectivity index (χ4v) is 2.50. The number of nitrogens with one attached hydrogen (secondary N) is 1. The minimum atomic E-state index is 0.530. The molecule has 1 heteroatoms. The smallest absolute Gasteiger partial charge is 0.0121 e. The van der Waals surface area contributed by atoms with Gasteiger partial charge < -0.3 is 5.32 Å². The van der Waals surface area contributed by atoms with Crippen molar-refractivity contribution >= 4 is 0 Å². The highest BCUT2D eigenvalue weighted by Crippen LogP contribution is 2.37. The second-order valence-electron chi connectivity index (χ2n) is 5.29. The Morgan fingerprint density at radius 3 is 2.62 bits per heavy atom. The van der Waals surface area contributed by atoms with Crippen LogP contribution in [0.4, 0.5) is 0 Å². The van der Waals surface area contributed by atoms with Gasteiger partial charge in [-0.2, -0.15) is 0 Å². The molecule has 0 aromatic heterocycles. The molecule has 1 aliphatic rings. The second kappa shape index (κ2) is 4.45. The first-order valence-corrected chi connectivity index (χ1v) is 5.82. The van der Waals surface area contributed by atoms with E-state index in [2.05, 4.69) is 33.0 Å². The molecule has 1 rings (SSSR count). The normalized spacial score (nSPS) is 29.1. The summed E-state index contributed by atoms with van der Waals surface area (Å²) in [7, 11) is 0. The third-order valence-electron chi connectivity index (χ3n) is 3.46. The van der Waals surface area contributed by atoms with Crippen molar-refractivity contribution in [1.82, 2.24) is 5.32 Å². The van der Waals surface area contributed by atoms with E-state index in [1.807, 2.05) is 0 Å². The van der Waals surface area contributed by atoms with E-state index in [4.69, 9.17) is 0 Å². The van der Waals surface area contributed by atoms with Crippen molar-refractivity contribution < 1.29 is 0 Å². The molecule has 0 aromatic rings. The molecule has 13 heavy (non-hydrogen) atoms. The average molecular weight is 183 g/mol. The van der Waals surface area contributed by atoms with Crippen LogP contribution in [0.2, 0.25) is 0 Å². The second-order valence-corrected chi connectivity index (χ2v) is 5.29. The van der Waals surface area contributed by atoms with Crippen LogP contribution in [0.3, 0.4) is 0 Å². The lowest BCUT2D eigenvalue weighted by Gasteiger charge is -2.30. The Morgan fingerprint density at radius 1 is 1.46 bits per heavy atom. The van der Waals surface area contributed by atoms with Crippen LogP contribution in [0.15, 0.2) is 0 Å². The standard InChI is InChI=1S/C12H25N/c1-5-7-10(2)13-11-8-6-9-12(11,3)4/h10-11,13H,5-9H2,1-4H3. The molecule has 0 saturated heterocycles. The minimum absolute atomic E-state index is 0.530. The van der Waals surface area contributed by atoms with Crippen LogP contribution in [0.5, 0.6) is 0 Å². The molecule has 0 radical (unpaired) electrons. The summed E-state index contributed by atoms with van der Waals surface area (Å²) in [5.41, 5.74) is 0.530. The molecule has 0 heterocycles. The van der Waals surface area contributed by atoms with Gasteiger partial charge in [0.15, 0.2) is 0 Å². The summed E-state index contributed by atoms with van der Waals surface area (Å²) in [5.74, 6) is 0. The van der Waals surface area contributed by atoms with Crippen LogP contribution in [-0.2, 0) is 0 Å².